The highest BCUT2D eigenvalue weighted by atomic mass is 35.5. The average molecular weight is 400 g/mol. The third-order valence-corrected chi connectivity index (χ3v) is 5.44. The number of benzene rings is 2. The van der Waals surface area contributed by atoms with Crippen LogP contribution in [0, 0.1) is 0 Å². The number of rotatable bonds is 3. The van der Waals surface area contributed by atoms with Gasteiger partial charge in [0.15, 0.2) is 5.17 Å². The van der Waals surface area contributed by atoms with Gasteiger partial charge in [0, 0.05) is 23.8 Å². The number of hydrogen-bond acceptors (Lipinski definition) is 5. The molecular formula is C20H18ClN3O2S. The van der Waals surface area contributed by atoms with Crippen LogP contribution in [0.1, 0.15) is 5.56 Å². The zero-order chi connectivity index (χ0) is 18.6. The Morgan fingerprint density at radius 1 is 1.07 bits per heavy atom. The average Bonchev–Trinajstić information content (AvgIpc) is 3.04. The first kappa shape index (κ1) is 18.1. The maximum absolute atomic E-state index is 12.2. The van der Waals surface area contributed by atoms with Crippen molar-refractivity contribution < 1.29 is 9.53 Å². The van der Waals surface area contributed by atoms with Crippen LogP contribution >= 0.6 is 23.4 Å². The first-order chi connectivity index (χ1) is 13.2. The molecule has 1 amide bonds. The standard InChI is InChI=1S/C20H18ClN3O2S/c21-15-3-5-16(6-4-15)22-20-23-19(25)18(27-20)13-14-1-7-17(8-2-14)24-9-11-26-12-10-24/h1-8,13H,9-12H2,(H,22,23,25)/b18-13-. The first-order valence-corrected chi connectivity index (χ1v) is 9.85. The molecule has 0 atom stereocenters. The molecule has 27 heavy (non-hydrogen) atoms. The number of aliphatic imine (C=N–C) groups is 1. The van der Waals surface area contributed by atoms with Gasteiger partial charge in [-0.15, -0.1) is 0 Å². The summed E-state index contributed by atoms with van der Waals surface area (Å²) in [5.74, 6) is -0.134. The summed E-state index contributed by atoms with van der Waals surface area (Å²) < 4.78 is 5.39. The monoisotopic (exact) mass is 399 g/mol. The van der Waals surface area contributed by atoms with Crippen molar-refractivity contribution in [2.24, 2.45) is 4.99 Å². The highest BCUT2D eigenvalue weighted by Gasteiger charge is 2.23. The molecule has 0 radical (unpaired) electrons. The van der Waals surface area contributed by atoms with Gasteiger partial charge in [-0.2, -0.15) is 0 Å². The number of hydrogen-bond donors (Lipinski definition) is 1. The molecule has 2 heterocycles. The van der Waals surface area contributed by atoms with Gasteiger partial charge in [0.1, 0.15) is 0 Å². The van der Waals surface area contributed by atoms with E-state index in [1.165, 1.54) is 17.4 Å². The molecule has 0 spiro atoms. The normalized spacial score (nSPS) is 20.3. The summed E-state index contributed by atoms with van der Waals surface area (Å²) in [6, 6.07) is 15.4. The summed E-state index contributed by atoms with van der Waals surface area (Å²) >= 11 is 7.22. The summed E-state index contributed by atoms with van der Waals surface area (Å²) in [7, 11) is 0. The predicted molar refractivity (Wildman–Crippen MR) is 112 cm³/mol. The molecular weight excluding hydrogens is 382 g/mol. The molecule has 0 aromatic heterocycles. The third-order valence-electron chi connectivity index (χ3n) is 4.28. The number of carbonyl (C=O) groups is 1. The highest BCUT2D eigenvalue weighted by Crippen LogP contribution is 2.29. The number of halogens is 1. The molecule has 2 aromatic carbocycles. The van der Waals surface area contributed by atoms with Gasteiger partial charge in [0.25, 0.3) is 5.91 Å². The van der Waals surface area contributed by atoms with Gasteiger partial charge in [-0.25, -0.2) is 4.99 Å². The third kappa shape index (κ3) is 4.53. The molecule has 2 aromatic rings. The van der Waals surface area contributed by atoms with Crippen molar-refractivity contribution in [3.8, 4) is 0 Å². The summed E-state index contributed by atoms with van der Waals surface area (Å²) in [5.41, 5.74) is 2.91. The van der Waals surface area contributed by atoms with Gasteiger partial charge >= 0.3 is 0 Å². The molecule has 2 aliphatic rings. The van der Waals surface area contributed by atoms with Crippen molar-refractivity contribution in [2.45, 2.75) is 0 Å². The number of morpholine rings is 1. The van der Waals surface area contributed by atoms with E-state index in [-0.39, 0.29) is 5.91 Å². The van der Waals surface area contributed by atoms with Crippen molar-refractivity contribution in [2.75, 3.05) is 31.2 Å². The lowest BCUT2D eigenvalue weighted by molar-refractivity contribution is -0.115. The first-order valence-electron chi connectivity index (χ1n) is 8.65. The molecule has 1 N–H and O–H groups in total. The number of amides is 1. The maximum Gasteiger partial charge on any atom is 0.264 e. The van der Waals surface area contributed by atoms with Crippen LogP contribution in [-0.2, 0) is 9.53 Å². The molecule has 5 nitrogen and oxygen atoms in total. The topological polar surface area (TPSA) is 53.9 Å². The largest absolute Gasteiger partial charge is 0.378 e. The lowest BCUT2D eigenvalue weighted by atomic mass is 10.1. The molecule has 2 aliphatic heterocycles. The molecule has 7 heteroatoms. The fourth-order valence-electron chi connectivity index (χ4n) is 2.87. The van der Waals surface area contributed by atoms with E-state index in [1.807, 2.05) is 30.3 Å². The van der Waals surface area contributed by atoms with E-state index in [0.717, 1.165) is 37.6 Å². The molecule has 0 unspecified atom stereocenters. The molecule has 138 valence electrons. The van der Waals surface area contributed by atoms with E-state index in [4.69, 9.17) is 16.3 Å². The highest BCUT2D eigenvalue weighted by molar-refractivity contribution is 8.18. The van der Waals surface area contributed by atoms with Gasteiger partial charge in [-0.3, -0.25) is 4.79 Å². The molecule has 4 rings (SSSR count). The molecule has 0 saturated carbocycles. The van der Waals surface area contributed by atoms with Crippen molar-refractivity contribution in [1.82, 2.24) is 5.32 Å². The Morgan fingerprint density at radius 3 is 2.48 bits per heavy atom. The minimum atomic E-state index is -0.134. The van der Waals surface area contributed by atoms with E-state index in [9.17, 15) is 4.79 Å². The lowest BCUT2D eigenvalue weighted by Gasteiger charge is -2.28. The number of anilines is 1. The van der Waals surface area contributed by atoms with E-state index >= 15 is 0 Å². The second-order valence-electron chi connectivity index (χ2n) is 6.15. The molecule has 2 fully saturated rings. The fourth-order valence-corrected chi connectivity index (χ4v) is 3.84. The molecule has 2 saturated heterocycles. The van der Waals surface area contributed by atoms with Gasteiger partial charge in [0.05, 0.1) is 23.8 Å². The van der Waals surface area contributed by atoms with Gasteiger partial charge in [-0.05, 0) is 59.8 Å². The van der Waals surface area contributed by atoms with Gasteiger partial charge < -0.3 is 15.0 Å². The zero-order valence-electron chi connectivity index (χ0n) is 14.5. The lowest BCUT2D eigenvalue weighted by Crippen LogP contribution is -2.36. The minimum Gasteiger partial charge on any atom is -0.378 e. The summed E-state index contributed by atoms with van der Waals surface area (Å²) in [5, 5.41) is 4.02. The Bertz CT molecular complexity index is 888. The number of ether oxygens (including phenoxy) is 1. The maximum atomic E-state index is 12.2. The Kier molecular flexibility index (Phi) is 5.48. The van der Waals surface area contributed by atoms with Crippen LogP contribution in [0.15, 0.2) is 58.4 Å². The van der Waals surface area contributed by atoms with Crippen LogP contribution < -0.4 is 10.2 Å². The summed E-state index contributed by atoms with van der Waals surface area (Å²) in [6.45, 7) is 3.34. The molecule has 0 bridgehead atoms. The number of nitrogens with zero attached hydrogens (tertiary/aromatic N) is 2. The molecule has 0 aliphatic carbocycles. The Hall–Kier alpha value is -2.28. The van der Waals surface area contributed by atoms with Crippen molar-refractivity contribution in [1.29, 1.82) is 0 Å². The zero-order valence-corrected chi connectivity index (χ0v) is 16.1. The number of nitrogens with one attached hydrogen (secondary N) is 1. The van der Waals surface area contributed by atoms with Crippen LogP contribution in [0.25, 0.3) is 6.08 Å². The van der Waals surface area contributed by atoms with Gasteiger partial charge in [-0.1, -0.05) is 23.7 Å². The van der Waals surface area contributed by atoms with E-state index in [2.05, 4.69) is 27.3 Å². The Morgan fingerprint density at radius 2 is 1.78 bits per heavy atom. The number of thioether (sulfide) groups is 1. The van der Waals surface area contributed by atoms with Crippen LogP contribution in [-0.4, -0.2) is 37.4 Å². The quantitative estimate of drug-likeness (QED) is 0.790. The Labute approximate surface area is 167 Å². The van der Waals surface area contributed by atoms with E-state index < -0.39 is 0 Å². The number of amidine groups is 1. The summed E-state index contributed by atoms with van der Waals surface area (Å²) in [4.78, 5) is 19.6. The van der Waals surface area contributed by atoms with Crippen LogP contribution in [0.4, 0.5) is 11.4 Å². The van der Waals surface area contributed by atoms with Crippen LogP contribution in [0.2, 0.25) is 5.02 Å². The Balaban J connectivity index is 1.47. The van der Waals surface area contributed by atoms with Crippen LogP contribution in [0.3, 0.4) is 0 Å². The predicted octanol–water partition coefficient (Wildman–Crippen LogP) is 4.07. The van der Waals surface area contributed by atoms with Crippen molar-refractivity contribution in [3.05, 3.63) is 64.0 Å². The number of carbonyl (C=O) groups excluding carboxylic acids is 1. The van der Waals surface area contributed by atoms with Crippen molar-refractivity contribution in [3.63, 3.8) is 0 Å². The van der Waals surface area contributed by atoms with E-state index in [0.29, 0.717) is 15.1 Å². The second-order valence-corrected chi connectivity index (χ2v) is 7.62. The summed E-state index contributed by atoms with van der Waals surface area (Å²) in [6.07, 6.45) is 1.88. The minimum absolute atomic E-state index is 0.134. The fraction of sp³-hybridized carbons (Fsp3) is 0.200. The second kappa shape index (κ2) is 8.17. The van der Waals surface area contributed by atoms with Crippen molar-refractivity contribution >= 4 is 51.9 Å². The van der Waals surface area contributed by atoms with E-state index in [1.54, 1.807) is 12.1 Å². The van der Waals surface area contributed by atoms with Crippen LogP contribution in [0.5, 0.6) is 0 Å². The SMILES string of the molecule is O=C1NC(=Nc2ccc(Cl)cc2)S/C1=C\c1ccc(N2CCOCC2)cc1. The van der Waals surface area contributed by atoms with Gasteiger partial charge in [0.2, 0.25) is 0 Å². The smallest absolute Gasteiger partial charge is 0.264 e.